The van der Waals surface area contributed by atoms with Crippen molar-refractivity contribution in [2.45, 2.75) is 6.92 Å². The van der Waals surface area contributed by atoms with Gasteiger partial charge in [-0.05, 0) is 24.3 Å². The number of amides is 1. The van der Waals surface area contributed by atoms with Crippen molar-refractivity contribution in [3.05, 3.63) is 64.5 Å². The summed E-state index contributed by atoms with van der Waals surface area (Å²) in [6.45, 7) is 3.83. The highest BCUT2D eigenvalue weighted by molar-refractivity contribution is 5.97. The summed E-state index contributed by atoms with van der Waals surface area (Å²) in [6, 6.07) is 10.6. The SMILES string of the molecule is COc1cccc2cc(C(=O)N3CCN(c4ccc(-c5noc(C)n5)cn4)CC3)c(=O)oc12. The fourth-order valence-corrected chi connectivity index (χ4v) is 3.86. The van der Waals surface area contributed by atoms with Crippen LogP contribution in [0.15, 0.2) is 56.3 Å². The Morgan fingerprint density at radius 1 is 1.12 bits per heavy atom. The van der Waals surface area contributed by atoms with E-state index in [0.29, 0.717) is 54.6 Å². The van der Waals surface area contributed by atoms with Crippen molar-refractivity contribution in [1.29, 1.82) is 0 Å². The van der Waals surface area contributed by atoms with Crippen LogP contribution in [-0.4, -0.2) is 59.2 Å². The van der Waals surface area contributed by atoms with Crippen LogP contribution in [0, 0.1) is 6.92 Å². The molecule has 0 saturated carbocycles. The van der Waals surface area contributed by atoms with Gasteiger partial charge in [-0.2, -0.15) is 4.98 Å². The number of hydrogen-bond donors (Lipinski definition) is 0. The smallest absolute Gasteiger partial charge is 0.349 e. The molecule has 0 atom stereocenters. The third-order valence-corrected chi connectivity index (χ3v) is 5.60. The predicted octanol–water partition coefficient (Wildman–Crippen LogP) is 2.52. The molecule has 5 rings (SSSR count). The molecule has 4 aromatic rings. The number of carbonyl (C=O) groups is 1. The molecule has 10 heteroatoms. The lowest BCUT2D eigenvalue weighted by Crippen LogP contribution is -2.49. The van der Waals surface area contributed by atoms with Gasteiger partial charge in [-0.25, -0.2) is 9.78 Å². The molecule has 10 nitrogen and oxygen atoms in total. The van der Waals surface area contributed by atoms with Crippen molar-refractivity contribution in [2.75, 3.05) is 38.2 Å². The Morgan fingerprint density at radius 3 is 2.61 bits per heavy atom. The number of anilines is 1. The van der Waals surface area contributed by atoms with Gasteiger partial charge in [0.05, 0.1) is 7.11 Å². The molecular weight excluding hydrogens is 426 g/mol. The quantitative estimate of drug-likeness (QED) is 0.435. The van der Waals surface area contributed by atoms with E-state index in [-0.39, 0.29) is 11.5 Å². The molecule has 0 N–H and O–H groups in total. The zero-order valence-electron chi connectivity index (χ0n) is 18.1. The van der Waals surface area contributed by atoms with Gasteiger partial charge >= 0.3 is 5.63 Å². The number of nitrogens with zero attached hydrogens (tertiary/aromatic N) is 5. The van der Waals surface area contributed by atoms with Crippen LogP contribution in [0.1, 0.15) is 16.2 Å². The number of fused-ring (bicyclic) bond motifs is 1. The van der Waals surface area contributed by atoms with E-state index in [2.05, 4.69) is 20.0 Å². The molecule has 0 radical (unpaired) electrons. The third-order valence-electron chi connectivity index (χ3n) is 5.60. The highest BCUT2D eigenvalue weighted by atomic mass is 16.5. The molecule has 1 aliphatic heterocycles. The summed E-state index contributed by atoms with van der Waals surface area (Å²) in [7, 11) is 1.50. The van der Waals surface area contributed by atoms with E-state index in [4.69, 9.17) is 13.7 Å². The van der Waals surface area contributed by atoms with Crippen LogP contribution in [-0.2, 0) is 0 Å². The summed E-state index contributed by atoms with van der Waals surface area (Å²) in [5.41, 5.74) is 0.441. The van der Waals surface area contributed by atoms with Crippen LogP contribution in [0.25, 0.3) is 22.4 Å². The van der Waals surface area contributed by atoms with E-state index >= 15 is 0 Å². The summed E-state index contributed by atoms with van der Waals surface area (Å²) in [5, 5.41) is 4.53. The Kier molecular flexibility index (Phi) is 5.25. The van der Waals surface area contributed by atoms with Gasteiger partial charge in [0, 0.05) is 50.2 Å². The average Bonchev–Trinajstić information content (AvgIpc) is 3.29. The van der Waals surface area contributed by atoms with Gasteiger partial charge in [0.1, 0.15) is 11.4 Å². The maximum absolute atomic E-state index is 13.0. The summed E-state index contributed by atoms with van der Waals surface area (Å²) < 4.78 is 15.6. The number of hydrogen-bond acceptors (Lipinski definition) is 9. The van der Waals surface area contributed by atoms with Gasteiger partial charge in [0.25, 0.3) is 5.91 Å². The fourth-order valence-electron chi connectivity index (χ4n) is 3.86. The van der Waals surface area contributed by atoms with Crippen molar-refractivity contribution in [1.82, 2.24) is 20.0 Å². The minimum atomic E-state index is -0.673. The van der Waals surface area contributed by atoms with Crippen molar-refractivity contribution >= 4 is 22.7 Å². The number of ether oxygens (including phenoxy) is 1. The molecule has 3 aromatic heterocycles. The first-order valence-electron chi connectivity index (χ1n) is 10.5. The van der Waals surface area contributed by atoms with Crippen molar-refractivity contribution < 1.29 is 18.5 Å². The zero-order valence-corrected chi connectivity index (χ0v) is 18.1. The lowest BCUT2D eigenvalue weighted by Gasteiger charge is -2.35. The molecule has 0 aliphatic carbocycles. The number of methoxy groups -OCH3 is 1. The molecule has 1 fully saturated rings. The van der Waals surface area contributed by atoms with E-state index < -0.39 is 5.63 Å². The van der Waals surface area contributed by atoms with E-state index in [9.17, 15) is 9.59 Å². The van der Waals surface area contributed by atoms with Crippen LogP contribution in [0.3, 0.4) is 0 Å². The fraction of sp³-hybridized carbons (Fsp3) is 0.261. The molecule has 1 aliphatic rings. The Morgan fingerprint density at radius 2 is 1.94 bits per heavy atom. The second-order valence-electron chi connectivity index (χ2n) is 7.65. The van der Waals surface area contributed by atoms with Crippen LogP contribution in [0.2, 0.25) is 0 Å². The highest BCUT2D eigenvalue weighted by Gasteiger charge is 2.26. The number of para-hydroxylation sites is 1. The number of piperazine rings is 1. The molecule has 0 bridgehead atoms. The number of aryl methyl sites for hydroxylation is 1. The van der Waals surface area contributed by atoms with Gasteiger partial charge in [0.15, 0.2) is 11.3 Å². The van der Waals surface area contributed by atoms with Crippen molar-refractivity contribution in [2.24, 2.45) is 0 Å². The van der Waals surface area contributed by atoms with Crippen LogP contribution >= 0.6 is 0 Å². The highest BCUT2D eigenvalue weighted by Crippen LogP contribution is 2.25. The molecule has 168 valence electrons. The third kappa shape index (κ3) is 3.91. The van der Waals surface area contributed by atoms with Gasteiger partial charge in [-0.3, -0.25) is 4.79 Å². The topological polar surface area (TPSA) is 115 Å². The largest absolute Gasteiger partial charge is 0.493 e. The summed E-state index contributed by atoms with van der Waals surface area (Å²) >= 11 is 0. The minimum Gasteiger partial charge on any atom is -0.493 e. The van der Waals surface area contributed by atoms with Gasteiger partial charge < -0.3 is 23.5 Å². The second kappa shape index (κ2) is 8.38. The molecule has 33 heavy (non-hydrogen) atoms. The molecule has 0 spiro atoms. The van der Waals surface area contributed by atoms with Gasteiger partial charge in [-0.1, -0.05) is 17.3 Å². The van der Waals surface area contributed by atoms with Gasteiger partial charge in [-0.15, -0.1) is 0 Å². The average molecular weight is 447 g/mol. The summed E-state index contributed by atoms with van der Waals surface area (Å²) in [4.78, 5) is 38.0. The molecule has 1 amide bonds. The van der Waals surface area contributed by atoms with Crippen LogP contribution < -0.4 is 15.3 Å². The Balaban J connectivity index is 1.29. The number of rotatable bonds is 4. The normalized spacial score (nSPS) is 14.0. The van der Waals surface area contributed by atoms with Crippen molar-refractivity contribution in [3.63, 3.8) is 0 Å². The Hall–Kier alpha value is -4.21. The number of aromatic nitrogens is 3. The number of carbonyl (C=O) groups excluding carboxylic acids is 1. The molecule has 0 unspecified atom stereocenters. The first-order chi connectivity index (χ1) is 16.0. The molecule has 1 saturated heterocycles. The van der Waals surface area contributed by atoms with E-state index in [1.165, 1.54) is 7.11 Å². The first-order valence-corrected chi connectivity index (χ1v) is 10.5. The van der Waals surface area contributed by atoms with Gasteiger partial charge in [0.2, 0.25) is 11.7 Å². The zero-order chi connectivity index (χ0) is 22.9. The molecule has 4 heterocycles. The minimum absolute atomic E-state index is 0.0158. The lowest BCUT2D eigenvalue weighted by atomic mass is 10.1. The summed E-state index contributed by atoms with van der Waals surface area (Å²) in [6.07, 6.45) is 1.70. The van der Waals surface area contributed by atoms with Crippen LogP contribution in [0.5, 0.6) is 5.75 Å². The second-order valence-corrected chi connectivity index (χ2v) is 7.65. The first kappa shape index (κ1) is 20.7. The molecular formula is C23H21N5O5. The Labute approximate surface area is 188 Å². The van der Waals surface area contributed by atoms with E-state index in [1.54, 1.807) is 42.3 Å². The monoisotopic (exact) mass is 447 g/mol. The number of benzene rings is 1. The summed E-state index contributed by atoms with van der Waals surface area (Å²) in [5.74, 6) is 1.89. The van der Waals surface area contributed by atoms with E-state index in [0.717, 1.165) is 11.4 Å². The van der Waals surface area contributed by atoms with E-state index in [1.807, 2.05) is 12.1 Å². The maximum atomic E-state index is 13.0. The Bertz CT molecular complexity index is 1370. The molecule has 1 aromatic carbocycles. The lowest BCUT2D eigenvalue weighted by molar-refractivity contribution is 0.0742. The number of pyridine rings is 1. The standard InChI is InChI=1S/C23H21N5O5/c1-14-25-21(26-33-14)16-6-7-19(24-13-16)27-8-10-28(11-9-27)22(29)17-12-15-4-3-5-18(31-2)20(15)32-23(17)30/h3-7,12-13H,8-11H2,1-2H3. The maximum Gasteiger partial charge on any atom is 0.349 e. The predicted molar refractivity (Wildman–Crippen MR) is 119 cm³/mol. The van der Waals surface area contributed by atoms with Crippen molar-refractivity contribution in [3.8, 4) is 17.1 Å². The van der Waals surface area contributed by atoms with Crippen LogP contribution in [0.4, 0.5) is 5.82 Å².